The number of carbonyl (C=O) groups excluding carboxylic acids is 1. The Bertz CT molecular complexity index is 612. The van der Waals surface area contributed by atoms with Gasteiger partial charge in [-0.25, -0.2) is 5.43 Å². The number of rotatable bonds is 10. The van der Waals surface area contributed by atoms with Crippen molar-refractivity contribution < 1.29 is 9.53 Å². The molecule has 0 radical (unpaired) electrons. The molecule has 5 heteroatoms. The van der Waals surface area contributed by atoms with Gasteiger partial charge in [-0.1, -0.05) is 27.7 Å². The summed E-state index contributed by atoms with van der Waals surface area (Å²) >= 11 is 0. The third kappa shape index (κ3) is 6.35. The summed E-state index contributed by atoms with van der Waals surface area (Å²) in [6, 6.07) is 8.73. The van der Waals surface area contributed by atoms with Gasteiger partial charge in [0.05, 0.1) is 12.3 Å². The van der Waals surface area contributed by atoms with Gasteiger partial charge in [0.15, 0.2) is 0 Å². The summed E-state index contributed by atoms with van der Waals surface area (Å²) in [5, 5.41) is 4.26. The maximum atomic E-state index is 10.6. The van der Waals surface area contributed by atoms with Gasteiger partial charge in [0.2, 0.25) is 6.41 Å². The van der Waals surface area contributed by atoms with Crippen molar-refractivity contribution in [3.05, 3.63) is 29.8 Å². The molecule has 1 amide bonds. The highest BCUT2D eigenvalue weighted by molar-refractivity contribution is 6.02. The molecule has 1 saturated heterocycles. The summed E-state index contributed by atoms with van der Waals surface area (Å²) in [7, 11) is 2.22. The maximum Gasteiger partial charge on any atom is 0.227 e. The van der Waals surface area contributed by atoms with E-state index in [0.717, 1.165) is 23.6 Å². The molecule has 0 saturated carbocycles. The lowest BCUT2D eigenvalue weighted by atomic mass is 9.89. The first-order valence-electron chi connectivity index (χ1n) is 10.1. The Balaban J connectivity index is 1.93. The zero-order valence-corrected chi connectivity index (χ0v) is 17.4. The molecule has 1 heterocycles. The van der Waals surface area contributed by atoms with Crippen molar-refractivity contribution in [2.45, 2.75) is 53.0 Å². The summed E-state index contributed by atoms with van der Waals surface area (Å²) in [6.07, 6.45) is 4.41. The van der Waals surface area contributed by atoms with Gasteiger partial charge in [-0.15, -0.1) is 0 Å². The van der Waals surface area contributed by atoms with Crippen LogP contribution in [0.25, 0.3) is 0 Å². The highest BCUT2D eigenvalue weighted by Crippen LogP contribution is 2.23. The van der Waals surface area contributed by atoms with E-state index in [4.69, 9.17) is 4.74 Å². The van der Waals surface area contributed by atoms with E-state index in [1.54, 1.807) is 0 Å². The number of benzene rings is 1. The number of hydrogen-bond acceptors (Lipinski definition) is 4. The van der Waals surface area contributed by atoms with Gasteiger partial charge in [0.1, 0.15) is 5.75 Å². The molecule has 27 heavy (non-hydrogen) atoms. The Hall–Kier alpha value is -1.88. The Morgan fingerprint density at radius 1 is 1.30 bits per heavy atom. The van der Waals surface area contributed by atoms with E-state index in [2.05, 4.69) is 50.2 Å². The SMILES string of the molecule is CC(C)C(C)/C(=N\NC=O)c1ccc(OC[C@@H](C)CC2CCCN2C)cc1. The van der Waals surface area contributed by atoms with Gasteiger partial charge in [0, 0.05) is 12.0 Å². The van der Waals surface area contributed by atoms with Crippen molar-refractivity contribution in [3.63, 3.8) is 0 Å². The van der Waals surface area contributed by atoms with Gasteiger partial charge in [-0.2, -0.15) is 5.10 Å². The average Bonchev–Trinajstić information content (AvgIpc) is 3.05. The fourth-order valence-corrected chi connectivity index (χ4v) is 3.61. The summed E-state index contributed by atoms with van der Waals surface area (Å²) in [4.78, 5) is 13.1. The van der Waals surface area contributed by atoms with Crippen LogP contribution in [-0.4, -0.2) is 43.3 Å². The average molecular weight is 374 g/mol. The second-order valence-corrected chi connectivity index (χ2v) is 8.23. The predicted octanol–water partition coefficient (Wildman–Crippen LogP) is 3.93. The Kier molecular flexibility index (Phi) is 8.29. The molecule has 1 N–H and O–H groups in total. The molecule has 1 aromatic rings. The predicted molar refractivity (Wildman–Crippen MR) is 111 cm³/mol. The first-order chi connectivity index (χ1) is 12.9. The fraction of sp³-hybridized carbons (Fsp3) is 0.636. The van der Waals surface area contributed by atoms with Crippen molar-refractivity contribution in [2.75, 3.05) is 20.2 Å². The third-order valence-electron chi connectivity index (χ3n) is 5.70. The highest BCUT2D eigenvalue weighted by atomic mass is 16.5. The maximum absolute atomic E-state index is 10.6. The number of hydrazone groups is 1. The molecule has 1 aromatic carbocycles. The van der Waals surface area contributed by atoms with Crippen LogP contribution in [-0.2, 0) is 4.79 Å². The Morgan fingerprint density at radius 2 is 2.00 bits per heavy atom. The molecule has 0 bridgehead atoms. The number of ether oxygens (including phenoxy) is 1. The molecule has 0 aliphatic carbocycles. The largest absolute Gasteiger partial charge is 0.493 e. The first-order valence-corrected chi connectivity index (χ1v) is 10.1. The monoisotopic (exact) mass is 373 g/mol. The van der Waals surface area contributed by atoms with Crippen LogP contribution in [0.5, 0.6) is 5.75 Å². The zero-order chi connectivity index (χ0) is 19.8. The molecule has 0 spiro atoms. The van der Waals surface area contributed by atoms with Crippen LogP contribution in [0.4, 0.5) is 0 Å². The standard InChI is InChI=1S/C22H35N3O2/c1-16(2)18(4)22(24-23-15-26)19-8-10-21(11-9-19)27-14-17(3)13-20-7-6-12-25(20)5/h8-11,15-18,20H,6-7,12-14H2,1-5H3,(H,23,26)/b24-22+/t17-,18?,20?/m0/s1. The molecule has 3 atom stereocenters. The summed E-state index contributed by atoms with van der Waals surface area (Å²) in [6.45, 7) is 10.7. The zero-order valence-electron chi connectivity index (χ0n) is 17.4. The molecular weight excluding hydrogens is 338 g/mol. The Morgan fingerprint density at radius 3 is 2.56 bits per heavy atom. The molecule has 1 aliphatic heterocycles. The Labute approximate surface area is 164 Å². The van der Waals surface area contributed by atoms with Crippen LogP contribution in [0.15, 0.2) is 29.4 Å². The number of nitrogens with one attached hydrogen (secondary N) is 1. The number of amides is 1. The van der Waals surface area contributed by atoms with Crippen LogP contribution < -0.4 is 10.2 Å². The summed E-state index contributed by atoms with van der Waals surface area (Å²) in [5.74, 6) is 2.09. The lowest BCUT2D eigenvalue weighted by Gasteiger charge is -2.23. The lowest BCUT2D eigenvalue weighted by Crippen LogP contribution is -2.28. The van der Waals surface area contributed by atoms with E-state index in [-0.39, 0.29) is 5.92 Å². The van der Waals surface area contributed by atoms with E-state index in [1.807, 2.05) is 24.3 Å². The van der Waals surface area contributed by atoms with Crippen molar-refractivity contribution in [3.8, 4) is 5.75 Å². The van der Waals surface area contributed by atoms with Crippen molar-refractivity contribution in [2.24, 2.45) is 22.9 Å². The van der Waals surface area contributed by atoms with Gasteiger partial charge < -0.3 is 9.64 Å². The van der Waals surface area contributed by atoms with Crippen LogP contribution in [0.2, 0.25) is 0 Å². The molecule has 1 fully saturated rings. The van der Waals surface area contributed by atoms with Crippen molar-refractivity contribution >= 4 is 12.1 Å². The second kappa shape index (κ2) is 10.5. The van der Waals surface area contributed by atoms with Gasteiger partial charge in [-0.3, -0.25) is 4.79 Å². The topological polar surface area (TPSA) is 53.9 Å². The number of carbonyl (C=O) groups is 1. The minimum atomic E-state index is 0.243. The minimum Gasteiger partial charge on any atom is -0.493 e. The van der Waals surface area contributed by atoms with Crippen molar-refractivity contribution in [1.29, 1.82) is 0 Å². The van der Waals surface area contributed by atoms with E-state index >= 15 is 0 Å². The van der Waals surface area contributed by atoms with Gasteiger partial charge in [0.25, 0.3) is 0 Å². The first kappa shape index (κ1) is 21.4. The third-order valence-corrected chi connectivity index (χ3v) is 5.70. The fourth-order valence-electron chi connectivity index (χ4n) is 3.61. The second-order valence-electron chi connectivity index (χ2n) is 8.23. The summed E-state index contributed by atoms with van der Waals surface area (Å²) in [5.41, 5.74) is 4.35. The van der Waals surface area contributed by atoms with E-state index in [0.29, 0.717) is 24.3 Å². The van der Waals surface area contributed by atoms with Crippen LogP contribution in [0.1, 0.15) is 52.5 Å². The minimum absolute atomic E-state index is 0.243. The quantitative estimate of drug-likeness (QED) is 0.384. The number of hydrogen-bond donors (Lipinski definition) is 1. The van der Waals surface area contributed by atoms with Gasteiger partial charge >= 0.3 is 0 Å². The molecular formula is C22H35N3O2. The van der Waals surface area contributed by atoms with E-state index < -0.39 is 0 Å². The van der Waals surface area contributed by atoms with Crippen molar-refractivity contribution in [1.82, 2.24) is 10.3 Å². The molecule has 1 aliphatic rings. The smallest absolute Gasteiger partial charge is 0.227 e. The van der Waals surface area contributed by atoms with Crippen LogP contribution in [0, 0.1) is 17.8 Å². The molecule has 2 unspecified atom stereocenters. The molecule has 5 nitrogen and oxygen atoms in total. The number of likely N-dealkylation sites (tertiary alicyclic amines) is 1. The lowest BCUT2D eigenvalue weighted by molar-refractivity contribution is -0.109. The highest BCUT2D eigenvalue weighted by Gasteiger charge is 2.23. The van der Waals surface area contributed by atoms with E-state index in [1.165, 1.54) is 25.8 Å². The normalized spacial score (nSPS) is 20.5. The molecule has 0 aromatic heterocycles. The number of nitrogens with zero attached hydrogens (tertiary/aromatic N) is 2. The molecule has 150 valence electrons. The molecule has 2 rings (SSSR count). The van der Waals surface area contributed by atoms with Gasteiger partial charge in [-0.05, 0) is 74.5 Å². The van der Waals surface area contributed by atoms with E-state index in [9.17, 15) is 4.79 Å². The van der Waals surface area contributed by atoms with Crippen LogP contribution >= 0.6 is 0 Å². The summed E-state index contributed by atoms with van der Waals surface area (Å²) < 4.78 is 6.01. The van der Waals surface area contributed by atoms with Crippen LogP contribution in [0.3, 0.4) is 0 Å².